The Hall–Kier alpha value is -3.39. The molecule has 2 atom stereocenters. The van der Waals surface area contributed by atoms with Gasteiger partial charge in [0.25, 0.3) is 5.91 Å². The third-order valence-electron chi connectivity index (χ3n) is 7.04. The molecule has 8 nitrogen and oxygen atoms in total. The van der Waals surface area contributed by atoms with Crippen molar-refractivity contribution in [2.24, 2.45) is 11.8 Å². The van der Waals surface area contributed by atoms with Crippen molar-refractivity contribution in [2.45, 2.75) is 24.9 Å². The van der Waals surface area contributed by atoms with E-state index in [1.807, 2.05) is 24.3 Å². The van der Waals surface area contributed by atoms with Gasteiger partial charge in [-0.2, -0.15) is 0 Å². The zero-order valence-corrected chi connectivity index (χ0v) is 18.8. The van der Waals surface area contributed by atoms with Gasteiger partial charge in [-0.1, -0.05) is 48.5 Å². The molecule has 5 rings (SSSR count). The molecule has 0 aromatic heterocycles. The highest BCUT2D eigenvalue weighted by Crippen LogP contribution is 2.44. The van der Waals surface area contributed by atoms with Crippen molar-refractivity contribution >= 4 is 18.0 Å². The van der Waals surface area contributed by atoms with Gasteiger partial charge in [-0.3, -0.25) is 9.59 Å². The van der Waals surface area contributed by atoms with E-state index in [1.54, 1.807) is 4.90 Å². The van der Waals surface area contributed by atoms with Crippen molar-refractivity contribution in [3.8, 4) is 11.1 Å². The number of carboxylic acids is 1. The van der Waals surface area contributed by atoms with Crippen LogP contribution >= 0.6 is 0 Å². The van der Waals surface area contributed by atoms with Gasteiger partial charge in [-0.05, 0) is 28.7 Å². The van der Waals surface area contributed by atoms with Crippen molar-refractivity contribution in [2.75, 3.05) is 32.8 Å². The summed E-state index contributed by atoms with van der Waals surface area (Å²) >= 11 is 0. The maximum absolute atomic E-state index is 12.8. The molecule has 2 amide bonds. The van der Waals surface area contributed by atoms with Gasteiger partial charge in [0.1, 0.15) is 12.7 Å². The van der Waals surface area contributed by atoms with Crippen LogP contribution in [0.15, 0.2) is 48.5 Å². The van der Waals surface area contributed by atoms with Crippen LogP contribution in [0.1, 0.15) is 29.9 Å². The molecule has 0 spiro atoms. The zero-order chi connectivity index (χ0) is 23.7. The number of amides is 2. The summed E-state index contributed by atoms with van der Waals surface area (Å²) in [7, 11) is 0. The number of carbonyl (C=O) groups is 3. The SMILES string of the molecule is O=C(O)CC1CN(C(=O)[C@@H]2OCC[C@@H]2CNC(=O)OCC2c3ccccc3-c3ccccc32)C1. The molecule has 2 saturated heterocycles. The number of nitrogens with zero attached hydrogens (tertiary/aromatic N) is 1. The van der Waals surface area contributed by atoms with Crippen molar-refractivity contribution in [3.05, 3.63) is 59.7 Å². The molecular weight excluding hydrogens is 436 g/mol. The van der Waals surface area contributed by atoms with Crippen LogP contribution < -0.4 is 5.32 Å². The van der Waals surface area contributed by atoms with Crippen LogP contribution in [0.25, 0.3) is 11.1 Å². The van der Waals surface area contributed by atoms with Crippen molar-refractivity contribution in [1.29, 1.82) is 0 Å². The summed E-state index contributed by atoms with van der Waals surface area (Å²) in [5.41, 5.74) is 4.66. The van der Waals surface area contributed by atoms with Crippen LogP contribution in [-0.4, -0.2) is 66.9 Å². The van der Waals surface area contributed by atoms with Crippen molar-refractivity contribution in [3.63, 3.8) is 0 Å². The second-order valence-electron chi connectivity index (χ2n) is 9.25. The molecule has 0 saturated carbocycles. The summed E-state index contributed by atoms with van der Waals surface area (Å²) in [6.07, 6.45) is -0.376. The van der Waals surface area contributed by atoms with E-state index in [1.165, 1.54) is 11.1 Å². The summed E-state index contributed by atoms with van der Waals surface area (Å²) < 4.78 is 11.2. The maximum atomic E-state index is 12.8. The molecule has 3 aliphatic rings. The van der Waals surface area contributed by atoms with Crippen molar-refractivity contribution in [1.82, 2.24) is 10.2 Å². The van der Waals surface area contributed by atoms with E-state index < -0.39 is 18.2 Å². The van der Waals surface area contributed by atoms with E-state index in [-0.39, 0.29) is 36.7 Å². The first kappa shape index (κ1) is 22.4. The Morgan fingerprint density at radius 2 is 1.68 bits per heavy atom. The minimum absolute atomic E-state index is 0.000235. The van der Waals surface area contributed by atoms with Crippen LogP contribution in [0.5, 0.6) is 0 Å². The first-order valence-corrected chi connectivity index (χ1v) is 11.7. The average Bonchev–Trinajstić information content (AvgIpc) is 3.40. The van der Waals surface area contributed by atoms with Crippen LogP contribution in [0.2, 0.25) is 0 Å². The summed E-state index contributed by atoms with van der Waals surface area (Å²) in [5, 5.41) is 11.7. The van der Waals surface area contributed by atoms with Crippen molar-refractivity contribution < 1.29 is 29.0 Å². The number of nitrogens with one attached hydrogen (secondary N) is 1. The quantitative estimate of drug-likeness (QED) is 0.653. The smallest absolute Gasteiger partial charge is 0.407 e. The molecule has 0 unspecified atom stereocenters. The van der Waals surface area contributed by atoms with E-state index in [9.17, 15) is 14.4 Å². The zero-order valence-electron chi connectivity index (χ0n) is 18.8. The summed E-state index contributed by atoms with van der Waals surface area (Å²) in [5.74, 6) is -1.11. The number of fused-ring (bicyclic) bond motifs is 3. The lowest BCUT2D eigenvalue weighted by atomic mass is 9.93. The molecular formula is C26H28N2O6. The Labute approximate surface area is 197 Å². The Kier molecular flexibility index (Phi) is 6.24. The van der Waals surface area contributed by atoms with Gasteiger partial charge in [0, 0.05) is 44.0 Å². The maximum Gasteiger partial charge on any atom is 0.407 e. The highest BCUT2D eigenvalue weighted by molar-refractivity contribution is 5.83. The lowest BCUT2D eigenvalue weighted by Gasteiger charge is -2.40. The molecule has 0 radical (unpaired) electrons. The molecule has 2 aromatic rings. The van der Waals surface area contributed by atoms with Gasteiger partial charge < -0.3 is 24.8 Å². The molecule has 2 aromatic carbocycles. The third kappa shape index (κ3) is 4.37. The van der Waals surface area contributed by atoms with E-state index in [2.05, 4.69) is 29.6 Å². The predicted molar refractivity (Wildman–Crippen MR) is 123 cm³/mol. The first-order valence-electron chi connectivity index (χ1n) is 11.7. The Bertz CT molecular complexity index is 1050. The lowest BCUT2D eigenvalue weighted by molar-refractivity contribution is -0.152. The van der Waals surface area contributed by atoms with Gasteiger partial charge >= 0.3 is 12.1 Å². The Morgan fingerprint density at radius 1 is 1.03 bits per heavy atom. The number of hydrogen-bond donors (Lipinski definition) is 2. The monoisotopic (exact) mass is 464 g/mol. The predicted octanol–water partition coefficient (Wildman–Crippen LogP) is 2.86. The number of carbonyl (C=O) groups excluding carboxylic acids is 2. The Balaban J connectivity index is 1.12. The molecule has 1 aliphatic carbocycles. The van der Waals surface area contributed by atoms with Gasteiger partial charge in [0.15, 0.2) is 0 Å². The standard InChI is InChI=1S/C26H28N2O6/c29-23(30)11-16-13-28(14-16)25(31)24-17(9-10-33-24)12-27-26(32)34-15-22-20-7-3-1-5-18(20)19-6-2-4-8-21(19)22/h1-8,16-17,22,24H,9-15H2,(H,27,32)(H,29,30)/t17-,24-/m1/s1. The number of alkyl carbamates (subject to hydrolysis) is 1. The van der Waals surface area contributed by atoms with E-state index in [0.717, 1.165) is 11.1 Å². The molecule has 8 heteroatoms. The molecule has 178 valence electrons. The second kappa shape index (κ2) is 9.46. The van der Waals surface area contributed by atoms with E-state index >= 15 is 0 Å². The lowest BCUT2D eigenvalue weighted by Crippen LogP contribution is -2.55. The summed E-state index contributed by atoms with van der Waals surface area (Å²) in [4.78, 5) is 37.7. The highest BCUT2D eigenvalue weighted by Gasteiger charge is 2.41. The number of carboxylic acid groups (broad SMARTS) is 1. The van der Waals surface area contributed by atoms with Crippen LogP contribution in [0.3, 0.4) is 0 Å². The number of likely N-dealkylation sites (tertiary alicyclic amines) is 1. The van der Waals surface area contributed by atoms with Crippen LogP contribution in [0, 0.1) is 11.8 Å². The second-order valence-corrected chi connectivity index (χ2v) is 9.25. The number of benzene rings is 2. The largest absolute Gasteiger partial charge is 0.481 e. The first-order chi connectivity index (χ1) is 16.5. The van der Waals surface area contributed by atoms with E-state index in [4.69, 9.17) is 14.6 Å². The van der Waals surface area contributed by atoms with E-state index in [0.29, 0.717) is 32.7 Å². The molecule has 2 fully saturated rings. The van der Waals surface area contributed by atoms with Gasteiger partial charge in [-0.25, -0.2) is 4.79 Å². The van der Waals surface area contributed by atoms with Gasteiger partial charge in [0.05, 0.1) is 6.42 Å². The summed E-state index contributed by atoms with van der Waals surface area (Å²) in [6, 6.07) is 16.3. The minimum Gasteiger partial charge on any atom is -0.481 e. The minimum atomic E-state index is -0.848. The average molecular weight is 465 g/mol. The fourth-order valence-electron chi connectivity index (χ4n) is 5.29. The fourth-order valence-corrected chi connectivity index (χ4v) is 5.29. The Morgan fingerprint density at radius 3 is 2.32 bits per heavy atom. The number of hydrogen-bond acceptors (Lipinski definition) is 5. The molecule has 2 N–H and O–H groups in total. The molecule has 0 bridgehead atoms. The fraction of sp³-hybridized carbons (Fsp3) is 0.423. The molecule has 2 heterocycles. The summed E-state index contributed by atoms with van der Waals surface area (Å²) in [6.45, 7) is 1.87. The van der Waals surface area contributed by atoms with Gasteiger partial charge in [-0.15, -0.1) is 0 Å². The van der Waals surface area contributed by atoms with Crippen LogP contribution in [-0.2, 0) is 19.1 Å². The number of aliphatic carboxylic acids is 1. The molecule has 2 aliphatic heterocycles. The topological polar surface area (TPSA) is 105 Å². The normalized spacial score (nSPS) is 21.5. The van der Waals surface area contributed by atoms with Crippen LogP contribution in [0.4, 0.5) is 4.79 Å². The molecule has 34 heavy (non-hydrogen) atoms. The number of rotatable bonds is 7. The number of ether oxygens (including phenoxy) is 2. The third-order valence-corrected chi connectivity index (χ3v) is 7.04. The highest BCUT2D eigenvalue weighted by atomic mass is 16.5. The van der Waals surface area contributed by atoms with Gasteiger partial charge in [0.2, 0.25) is 0 Å².